The molecule has 2 aliphatic rings. The molecule has 3 nitrogen and oxygen atoms in total. The molecule has 3 unspecified atom stereocenters. The zero-order valence-electron chi connectivity index (χ0n) is 9.53. The maximum absolute atomic E-state index is 10.5. The van der Waals surface area contributed by atoms with Gasteiger partial charge in [0.05, 0.1) is 11.7 Å². The summed E-state index contributed by atoms with van der Waals surface area (Å²) in [5.41, 5.74) is -0.427. The van der Waals surface area contributed by atoms with Gasteiger partial charge in [-0.15, -0.1) is 11.6 Å². The van der Waals surface area contributed by atoms with Crippen molar-refractivity contribution in [3.8, 4) is 6.07 Å². The Morgan fingerprint density at radius 3 is 3.06 bits per heavy atom. The molecule has 4 heteroatoms. The molecule has 1 aliphatic heterocycles. The highest BCUT2D eigenvalue weighted by molar-refractivity contribution is 6.22. The SMILES string of the molecule is N#CC(Cl)CN1CCC2(O)CCCCC2C1. The van der Waals surface area contributed by atoms with Crippen molar-refractivity contribution < 1.29 is 5.11 Å². The molecule has 0 aromatic rings. The van der Waals surface area contributed by atoms with Crippen molar-refractivity contribution in [3.63, 3.8) is 0 Å². The molecule has 2 fully saturated rings. The molecule has 16 heavy (non-hydrogen) atoms. The quantitative estimate of drug-likeness (QED) is 0.751. The molecule has 1 saturated carbocycles. The Kier molecular flexibility index (Phi) is 3.73. The molecular formula is C12H19ClN2O. The van der Waals surface area contributed by atoms with Gasteiger partial charge in [-0.3, -0.25) is 0 Å². The van der Waals surface area contributed by atoms with Crippen LogP contribution in [-0.2, 0) is 0 Å². The lowest BCUT2D eigenvalue weighted by Crippen LogP contribution is -2.54. The molecule has 90 valence electrons. The number of fused-ring (bicyclic) bond motifs is 1. The number of rotatable bonds is 2. The maximum Gasteiger partial charge on any atom is 0.133 e. The first-order chi connectivity index (χ1) is 7.64. The third-order valence-electron chi connectivity index (χ3n) is 4.07. The second-order valence-electron chi connectivity index (χ2n) is 5.15. The van der Waals surface area contributed by atoms with Crippen molar-refractivity contribution in [3.05, 3.63) is 0 Å². The van der Waals surface area contributed by atoms with Crippen LogP contribution in [0.5, 0.6) is 0 Å². The Bertz CT molecular complexity index is 291. The third-order valence-corrected chi connectivity index (χ3v) is 4.31. The van der Waals surface area contributed by atoms with Gasteiger partial charge in [-0.2, -0.15) is 5.26 Å². The average Bonchev–Trinajstić information content (AvgIpc) is 2.29. The van der Waals surface area contributed by atoms with E-state index in [9.17, 15) is 5.11 Å². The minimum atomic E-state index is -0.427. The number of alkyl halides is 1. The van der Waals surface area contributed by atoms with E-state index < -0.39 is 11.0 Å². The minimum absolute atomic E-state index is 0.387. The van der Waals surface area contributed by atoms with Crippen LogP contribution in [0.2, 0.25) is 0 Å². The first kappa shape index (κ1) is 12.2. The molecule has 0 aromatic heterocycles. The summed E-state index contributed by atoms with van der Waals surface area (Å²) < 4.78 is 0. The molecule has 0 bridgehead atoms. The van der Waals surface area contributed by atoms with E-state index in [1.54, 1.807) is 0 Å². The lowest BCUT2D eigenvalue weighted by Gasteiger charge is -2.47. The van der Waals surface area contributed by atoms with E-state index in [1.165, 1.54) is 6.42 Å². The second kappa shape index (κ2) is 4.91. The standard InChI is InChI=1S/C12H19ClN2O/c13-11(7-14)9-15-6-5-12(16)4-2-1-3-10(12)8-15/h10-11,16H,1-6,8-9H2. The number of aliphatic hydroxyl groups is 1. The number of nitriles is 1. The topological polar surface area (TPSA) is 47.3 Å². The van der Waals surface area contributed by atoms with Gasteiger partial charge in [-0.25, -0.2) is 0 Å². The van der Waals surface area contributed by atoms with E-state index in [-0.39, 0.29) is 0 Å². The van der Waals surface area contributed by atoms with Crippen molar-refractivity contribution >= 4 is 11.6 Å². The van der Waals surface area contributed by atoms with Crippen molar-refractivity contribution in [2.75, 3.05) is 19.6 Å². The molecule has 0 radical (unpaired) electrons. The number of halogens is 1. The van der Waals surface area contributed by atoms with Crippen molar-refractivity contribution in [2.24, 2.45) is 5.92 Å². The van der Waals surface area contributed by atoms with Gasteiger partial charge in [-0.1, -0.05) is 12.8 Å². The zero-order chi connectivity index (χ0) is 11.6. The van der Waals surface area contributed by atoms with E-state index in [4.69, 9.17) is 16.9 Å². The second-order valence-corrected chi connectivity index (χ2v) is 5.68. The first-order valence-electron chi connectivity index (χ1n) is 6.12. The lowest BCUT2D eigenvalue weighted by atomic mass is 9.71. The number of hydrogen-bond acceptors (Lipinski definition) is 3. The molecule has 3 atom stereocenters. The maximum atomic E-state index is 10.5. The lowest BCUT2D eigenvalue weighted by molar-refractivity contribution is -0.0947. The molecule has 0 spiro atoms. The number of nitrogens with zero attached hydrogens (tertiary/aromatic N) is 2. The summed E-state index contributed by atoms with van der Waals surface area (Å²) in [5, 5.41) is 18.7. The Hall–Kier alpha value is -0.300. The molecule has 1 N–H and O–H groups in total. The smallest absolute Gasteiger partial charge is 0.133 e. The fourth-order valence-electron chi connectivity index (χ4n) is 3.07. The summed E-state index contributed by atoms with van der Waals surface area (Å²) in [7, 11) is 0. The molecular weight excluding hydrogens is 224 g/mol. The largest absolute Gasteiger partial charge is 0.390 e. The Labute approximate surface area is 102 Å². The van der Waals surface area contributed by atoms with Gasteiger partial charge < -0.3 is 10.0 Å². The van der Waals surface area contributed by atoms with Gasteiger partial charge in [-0.05, 0) is 19.3 Å². The van der Waals surface area contributed by atoms with Crippen molar-refractivity contribution in [2.45, 2.75) is 43.1 Å². The van der Waals surface area contributed by atoms with Crippen LogP contribution in [0.25, 0.3) is 0 Å². The summed E-state index contributed by atoms with van der Waals surface area (Å²) in [5.74, 6) is 0.387. The minimum Gasteiger partial charge on any atom is -0.390 e. The van der Waals surface area contributed by atoms with Gasteiger partial charge in [0.1, 0.15) is 5.38 Å². The summed E-state index contributed by atoms with van der Waals surface area (Å²) >= 11 is 5.84. The molecule has 0 amide bonds. The van der Waals surface area contributed by atoms with Gasteiger partial charge in [0.15, 0.2) is 0 Å². The van der Waals surface area contributed by atoms with Crippen LogP contribution in [0, 0.1) is 17.2 Å². The van der Waals surface area contributed by atoms with E-state index in [1.807, 2.05) is 0 Å². The van der Waals surface area contributed by atoms with Gasteiger partial charge in [0, 0.05) is 25.6 Å². The monoisotopic (exact) mass is 242 g/mol. The normalized spacial score (nSPS) is 37.4. The van der Waals surface area contributed by atoms with Crippen LogP contribution in [0.15, 0.2) is 0 Å². The van der Waals surface area contributed by atoms with E-state index in [0.29, 0.717) is 12.5 Å². The van der Waals surface area contributed by atoms with Gasteiger partial charge in [0.2, 0.25) is 0 Å². The summed E-state index contributed by atoms with van der Waals surface area (Å²) in [6, 6.07) is 2.06. The Morgan fingerprint density at radius 2 is 2.31 bits per heavy atom. The van der Waals surface area contributed by atoms with Crippen molar-refractivity contribution in [1.82, 2.24) is 4.90 Å². The molecule has 0 aromatic carbocycles. The summed E-state index contributed by atoms with van der Waals surface area (Å²) in [4.78, 5) is 2.23. The predicted octanol–water partition coefficient (Wildman–Crippen LogP) is 1.74. The average molecular weight is 243 g/mol. The summed E-state index contributed by atoms with van der Waals surface area (Å²) in [6.45, 7) is 2.41. The van der Waals surface area contributed by atoms with Crippen LogP contribution >= 0.6 is 11.6 Å². The fourth-order valence-corrected chi connectivity index (χ4v) is 3.27. The van der Waals surface area contributed by atoms with Gasteiger partial charge >= 0.3 is 0 Å². The molecule has 1 saturated heterocycles. The van der Waals surface area contributed by atoms with E-state index >= 15 is 0 Å². The highest BCUT2D eigenvalue weighted by Crippen LogP contribution is 2.39. The third kappa shape index (κ3) is 2.51. The first-order valence-corrected chi connectivity index (χ1v) is 6.56. The zero-order valence-corrected chi connectivity index (χ0v) is 10.3. The molecule has 1 aliphatic carbocycles. The van der Waals surface area contributed by atoms with Crippen molar-refractivity contribution in [1.29, 1.82) is 5.26 Å². The molecule has 2 rings (SSSR count). The number of hydrogen-bond donors (Lipinski definition) is 1. The summed E-state index contributed by atoms with van der Waals surface area (Å²) in [6.07, 6.45) is 5.29. The fraction of sp³-hybridized carbons (Fsp3) is 0.917. The predicted molar refractivity (Wildman–Crippen MR) is 63.2 cm³/mol. The Balaban J connectivity index is 1.92. The van der Waals surface area contributed by atoms with Gasteiger partial charge in [0.25, 0.3) is 0 Å². The number of piperidine rings is 1. The van der Waals surface area contributed by atoms with E-state index in [0.717, 1.165) is 38.8 Å². The molecule has 1 heterocycles. The van der Waals surface area contributed by atoms with Crippen LogP contribution in [-0.4, -0.2) is 40.6 Å². The number of likely N-dealkylation sites (tertiary alicyclic amines) is 1. The van der Waals surface area contributed by atoms with Crippen LogP contribution < -0.4 is 0 Å². The Morgan fingerprint density at radius 1 is 1.50 bits per heavy atom. The highest BCUT2D eigenvalue weighted by Gasteiger charge is 2.42. The van der Waals surface area contributed by atoms with Crippen LogP contribution in [0.4, 0.5) is 0 Å². The van der Waals surface area contributed by atoms with E-state index in [2.05, 4.69) is 11.0 Å². The highest BCUT2D eigenvalue weighted by atomic mass is 35.5. The van der Waals surface area contributed by atoms with Crippen LogP contribution in [0.1, 0.15) is 32.1 Å². The van der Waals surface area contributed by atoms with Crippen LogP contribution in [0.3, 0.4) is 0 Å².